The summed E-state index contributed by atoms with van der Waals surface area (Å²) in [7, 11) is 0. The smallest absolute Gasteiger partial charge is 0.140 e. The molecule has 0 aromatic heterocycles. The van der Waals surface area contributed by atoms with E-state index < -0.39 is 0 Å². The van der Waals surface area contributed by atoms with Gasteiger partial charge in [-0.25, -0.2) is 0 Å². The average molecular weight is 214 g/mol. The summed E-state index contributed by atoms with van der Waals surface area (Å²) < 4.78 is 5.71. The van der Waals surface area contributed by atoms with Crippen molar-refractivity contribution in [3.63, 3.8) is 0 Å². The molecule has 0 aliphatic rings. The van der Waals surface area contributed by atoms with Crippen molar-refractivity contribution in [3.8, 4) is 5.75 Å². The van der Waals surface area contributed by atoms with Gasteiger partial charge in [-0.3, -0.25) is 0 Å². The lowest BCUT2D eigenvalue weighted by Gasteiger charge is -2.16. The number of benzene rings is 1. The topological polar surface area (TPSA) is 35.2 Å². The van der Waals surface area contributed by atoms with E-state index in [9.17, 15) is 0 Å². The van der Waals surface area contributed by atoms with Gasteiger partial charge in [-0.05, 0) is 25.0 Å². The van der Waals surface area contributed by atoms with Gasteiger partial charge >= 0.3 is 0 Å². The number of hydrogen-bond acceptors (Lipinski definition) is 2. The first-order chi connectivity index (χ1) is 6.67. The van der Waals surface area contributed by atoms with Gasteiger partial charge in [0.15, 0.2) is 0 Å². The van der Waals surface area contributed by atoms with Crippen LogP contribution in [0.5, 0.6) is 5.75 Å². The van der Waals surface area contributed by atoms with Gasteiger partial charge in [0.05, 0.1) is 11.1 Å². The summed E-state index contributed by atoms with van der Waals surface area (Å²) in [5.74, 6) is 0.681. The number of ether oxygens (including phenoxy) is 1. The van der Waals surface area contributed by atoms with E-state index in [4.69, 9.17) is 22.1 Å². The van der Waals surface area contributed by atoms with Crippen molar-refractivity contribution >= 4 is 17.3 Å². The van der Waals surface area contributed by atoms with Crippen molar-refractivity contribution in [2.24, 2.45) is 0 Å². The Balaban J connectivity index is 2.79. The predicted octanol–water partition coefficient (Wildman–Crippen LogP) is 3.49. The molecular weight excluding hydrogens is 198 g/mol. The number of halogens is 1. The molecule has 0 radical (unpaired) electrons. The van der Waals surface area contributed by atoms with Gasteiger partial charge in [-0.15, -0.1) is 0 Å². The molecule has 0 aliphatic heterocycles. The standard InChI is InChI=1S/C11H16ClNO/c1-3-9(4-2)14-11-7-8(13)5-6-10(11)12/h5-7,9H,3-4,13H2,1-2H3. The summed E-state index contributed by atoms with van der Waals surface area (Å²) in [5.41, 5.74) is 6.32. The summed E-state index contributed by atoms with van der Waals surface area (Å²) in [5, 5.41) is 0.617. The van der Waals surface area contributed by atoms with Gasteiger partial charge in [0.25, 0.3) is 0 Å². The third-order valence-corrected chi connectivity index (χ3v) is 2.47. The number of rotatable bonds is 4. The molecule has 0 amide bonds. The predicted molar refractivity (Wildman–Crippen MR) is 60.9 cm³/mol. The van der Waals surface area contributed by atoms with Crippen LogP contribution in [0, 0.1) is 0 Å². The second kappa shape index (κ2) is 5.11. The van der Waals surface area contributed by atoms with E-state index >= 15 is 0 Å². The van der Waals surface area contributed by atoms with Gasteiger partial charge in [0.2, 0.25) is 0 Å². The maximum absolute atomic E-state index is 5.97. The van der Waals surface area contributed by atoms with Gasteiger partial charge in [-0.2, -0.15) is 0 Å². The van der Waals surface area contributed by atoms with E-state index in [0.717, 1.165) is 12.8 Å². The first kappa shape index (κ1) is 11.2. The Hall–Kier alpha value is -0.890. The summed E-state index contributed by atoms with van der Waals surface area (Å²) >= 11 is 5.97. The average Bonchev–Trinajstić information content (AvgIpc) is 2.19. The summed E-state index contributed by atoms with van der Waals surface area (Å²) in [6, 6.07) is 5.29. The first-order valence-corrected chi connectivity index (χ1v) is 5.26. The SMILES string of the molecule is CCC(CC)Oc1cc(N)ccc1Cl. The lowest BCUT2D eigenvalue weighted by Crippen LogP contribution is -2.13. The van der Waals surface area contributed by atoms with Gasteiger partial charge in [-0.1, -0.05) is 25.4 Å². The molecule has 0 fully saturated rings. The monoisotopic (exact) mass is 213 g/mol. The van der Waals surface area contributed by atoms with E-state index in [1.807, 2.05) is 0 Å². The Morgan fingerprint density at radius 1 is 1.36 bits per heavy atom. The van der Waals surface area contributed by atoms with E-state index in [2.05, 4.69) is 13.8 Å². The molecule has 1 aromatic rings. The molecule has 0 heterocycles. The lowest BCUT2D eigenvalue weighted by atomic mass is 10.2. The maximum atomic E-state index is 5.97. The molecular formula is C11H16ClNO. The molecule has 1 aromatic carbocycles. The molecule has 2 nitrogen and oxygen atoms in total. The van der Waals surface area contributed by atoms with Crippen molar-refractivity contribution < 1.29 is 4.74 Å². The highest BCUT2D eigenvalue weighted by Crippen LogP contribution is 2.28. The second-order valence-electron chi connectivity index (χ2n) is 3.25. The van der Waals surface area contributed by atoms with Crippen LogP contribution in [0.15, 0.2) is 18.2 Å². The maximum Gasteiger partial charge on any atom is 0.140 e. The van der Waals surface area contributed by atoms with Crippen molar-refractivity contribution in [2.45, 2.75) is 32.8 Å². The van der Waals surface area contributed by atoms with E-state index in [-0.39, 0.29) is 6.10 Å². The fraction of sp³-hybridized carbons (Fsp3) is 0.455. The third-order valence-electron chi connectivity index (χ3n) is 2.16. The molecule has 78 valence electrons. The minimum Gasteiger partial charge on any atom is -0.489 e. The molecule has 0 bridgehead atoms. The Kier molecular flexibility index (Phi) is 4.08. The van der Waals surface area contributed by atoms with Crippen LogP contribution in [0.2, 0.25) is 5.02 Å². The zero-order chi connectivity index (χ0) is 10.6. The zero-order valence-electron chi connectivity index (χ0n) is 8.59. The van der Waals surface area contributed by atoms with Crippen LogP contribution in [0.3, 0.4) is 0 Å². The normalized spacial score (nSPS) is 10.6. The molecule has 0 saturated carbocycles. The largest absolute Gasteiger partial charge is 0.489 e. The minimum atomic E-state index is 0.217. The highest BCUT2D eigenvalue weighted by Gasteiger charge is 2.08. The van der Waals surface area contributed by atoms with Gasteiger partial charge in [0, 0.05) is 11.8 Å². The Morgan fingerprint density at radius 3 is 2.57 bits per heavy atom. The lowest BCUT2D eigenvalue weighted by molar-refractivity contribution is 0.193. The van der Waals surface area contributed by atoms with Crippen molar-refractivity contribution in [1.82, 2.24) is 0 Å². The number of nitrogens with two attached hydrogens (primary N) is 1. The van der Waals surface area contributed by atoms with Crippen LogP contribution >= 0.6 is 11.6 Å². The molecule has 0 saturated heterocycles. The Bertz CT molecular complexity index is 297. The fourth-order valence-corrected chi connectivity index (χ4v) is 1.41. The zero-order valence-corrected chi connectivity index (χ0v) is 9.34. The second-order valence-corrected chi connectivity index (χ2v) is 3.65. The molecule has 3 heteroatoms. The number of anilines is 1. The van der Waals surface area contributed by atoms with Crippen LogP contribution < -0.4 is 10.5 Å². The molecule has 1 rings (SSSR count). The minimum absolute atomic E-state index is 0.217. The van der Waals surface area contributed by atoms with Crippen molar-refractivity contribution in [1.29, 1.82) is 0 Å². The van der Waals surface area contributed by atoms with Crippen LogP contribution in [0.4, 0.5) is 5.69 Å². The van der Waals surface area contributed by atoms with Crippen LogP contribution in [-0.4, -0.2) is 6.10 Å². The van der Waals surface area contributed by atoms with Crippen molar-refractivity contribution in [2.75, 3.05) is 5.73 Å². The molecule has 0 unspecified atom stereocenters. The highest BCUT2D eigenvalue weighted by atomic mass is 35.5. The fourth-order valence-electron chi connectivity index (χ4n) is 1.25. The van der Waals surface area contributed by atoms with E-state index in [0.29, 0.717) is 16.5 Å². The molecule has 14 heavy (non-hydrogen) atoms. The third kappa shape index (κ3) is 2.81. The summed E-state index contributed by atoms with van der Waals surface area (Å²) in [6.45, 7) is 4.18. The van der Waals surface area contributed by atoms with E-state index in [1.54, 1.807) is 18.2 Å². The van der Waals surface area contributed by atoms with Gasteiger partial charge < -0.3 is 10.5 Å². The molecule has 0 atom stereocenters. The first-order valence-electron chi connectivity index (χ1n) is 4.89. The quantitative estimate of drug-likeness (QED) is 0.778. The molecule has 0 spiro atoms. The van der Waals surface area contributed by atoms with Crippen LogP contribution in [0.1, 0.15) is 26.7 Å². The Morgan fingerprint density at radius 2 is 2.00 bits per heavy atom. The number of hydrogen-bond donors (Lipinski definition) is 1. The van der Waals surface area contributed by atoms with Crippen LogP contribution in [-0.2, 0) is 0 Å². The summed E-state index contributed by atoms with van der Waals surface area (Å²) in [4.78, 5) is 0. The highest BCUT2D eigenvalue weighted by molar-refractivity contribution is 6.32. The number of nitrogen functional groups attached to an aromatic ring is 1. The van der Waals surface area contributed by atoms with Gasteiger partial charge in [0.1, 0.15) is 5.75 Å². The van der Waals surface area contributed by atoms with Crippen LogP contribution in [0.25, 0.3) is 0 Å². The van der Waals surface area contributed by atoms with Crippen molar-refractivity contribution in [3.05, 3.63) is 23.2 Å². The molecule has 0 aliphatic carbocycles. The summed E-state index contributed by atoms with van der Waals surface area (Å²) in [6.07, 6.45) is 2.16. The van der Waals surface area contributed by atoms with E-state index in [1.165, 1.54) is 0 Å². The Labute approximate surface area is 90.0 Å². The molecule has 2 N–H and O–H groups in total.